The smallest absolute Gasteiger partial charge is 0.257 e. The van der Waals surface area contributed by atoms with E-state index in [1.807, 2.05) is 35.2 Å². The van der Waals surface area contributed by atoms with Crippen LogP contribution in [0.2, 0.25) is 0 Å². The van der Waals surface area contributed by atoms with Gasteiger partial charge in [-0.3, -0.25) is 14.8 Å². The molecule has 130 valence electrons. The van der Waals surface area contributed by atoms with Crippen LogP contribution in [0.4, 0.5) is 0 Å². The van der Waals surface area contributed by atoms with Crippen LogP contribution in [0, 0.1) is 0 Å². The van der Waals surface area contributed by atoms with Crippen LogP contribution < -0.4 is 0 Å². The molecule has 0 radical (unpaired) electrons. The van der Waals surface area contributed by atoms with Gasteiger partial charge in [0.05, 0.1) is 17.3 Å². The third kappa shape index (κ3) is 3.31. The zero-order chi connectivity index (χ0) is 17.8. The molecular formula is C20H19N5O. The number of carbonyl (C=O) groups is 1. The van der Waals surface area contributed by atoms with Crippen molar-refractivity contribution in [2.75, 3.05) is 6.54 Å². The van der Waals surface area contributed by atoms with Gasteiger partial charge in [-0.25, -0.2) is 9.97 Å². The molecule has 0 spiro atoms. The number of aromatic nitrogens is 4. The Kier molecular flexibility index (Phi) is 4.64. The maximum Gasteiger partial charge on any atom is 0.257 e. The molecule has 1 fully saturated rings. The Labute approximate surface area is 152 Å². The predicted molar refractivity (Wildman–Crippen MR) is 97.1 cm³/mol. The largest absolute Gasteiger partial charge is 0.330 e. The maximum absolute atomic E-state index is 13.0. The number of nitrogens with zero attached hydrogens (tertiary/aromatic N) is 5. The first-order chi connectivity index (χ1) is 12.8. The molecule has 0 bridgehead atoms. The van der Waals surface area contributed by atoms with Gasteiger partial charge in [-0.15, -0.1) is 0 Å². The molecule has 0 aromatic carbocycles. The van der Waals surface area contributed by atoms with Gasteiger partial charge >= 0.3 is 0 Å². The van der Waals surface area contributed by atoms with Crippen molar-refractivity contribution < 1.29 is 4.79 Å². The molecule has 4 rings (SSSR count). The van der Waals surface area contributed by atoms with E-state index in [9.17, 15) is 4.79 Å². The minimum absolute atomic E-state index is 0.00968. The zero-order valence-corrected chi connectivity index (χ0v) is 14.3. The minimum Gasteiger partial charge on any atom is -0.330 e. The lowest BCUT2D eigenvalue weighted by Crippen LogP contribution is -2.39. The number of carbonyl (C=O) groups excluding carboxylic acids is 1. The second-order valence-electron chi connectivity index (χ2n) is 6.30. The highest BCUT2D eigenvalue weighted by atomic mass is 16.2. The highest BCUT2D eigenvalue weighted by molar-refractivity contribution is 5.94. The molecule has 3 aromatic rings. The second-order valence-corrected chi connectivity index (χ2v) is 6.30. The highest BCUT2D eigenvalue weighted by Crippen LogP contribution is 2.30. The van der Waals surface area contributed by atoms with E-state index in [0.29, 0.717) is 11.4 Å². The summed E-state index contributed by atoms with van der Waals surface area (Å²) in [5.74, 6) is 0.521. The Balaban J connectivity index is 1.58. The standard InChI is InChI=1S/C20H19N5O/c26-20(16-13-23-19(24-14-16)15-6-5-9-21-12-15)25-11-4-2-8-18(25)17-7-1-3-10-22-17/h1,3,5-7,9-10,12-14,18H,2,4,8,11H2/t18-/m1/s1. The molecule has 6 heteroatoms. The molecule has 1 saturated heterocycles. The van der Waals surface area contributed by atoms with Crippen molar-refractivity contribution in [2.24, 2.45) is 0 Å². The fourth-order valence-corrected chi connectivity index (χ4v) is 3.30. The summed E-state index contributed by atoms with van der Waals surface area (Å²) in [4.78, 5) is 32.2. The molecule has 3 aromatic heterocycles. The molecule has 6 nitrogen and oxygen atoms in total. The summed E-state index contributed by atoms with van der Waals surface area (Å²) in [5.41, 5.74) is 2.27. The van der Waals surface area contributed by atoms with E-state index in [4.69, 9.17) is 0 Å². The second kappa shape index (κ2) is 7.39. The van der Waals surface area contributed by atoms with Crippen LogP contribution in [-0.4, -0.2) is 37.3 Å². The van der Waals surface area contributed by atoms with E-state index in [1.54, 1.807) is 31.0 Å². The van der Waals surface area contributed by atoms with Gasteiger partial charge in [-0.2, -0.15) is 0 Å². The van der Waals surface area contributed by atoms with Gasteiger partial charge in [-0.1, -0.05) is 6.07 Å². The van der Waals surface area contributed by atoms with Gasteiger partial charge in [0.2, 0.25) is 0 Å². The lowest BCUT2D eigenvalue weighted by molar-refractivity contribution is 0.0605. The first-order valence-corrected chi connectivity index (χ1v) is 8.77. The van der Waals surface area contributed by atoms with Crippen molar-refractivity contribution >= 4 is 5.91 Å². The predicted octanol–water partition coefficient (Wildman–Crippen LogP) is 3.30. The average molecular weight is 345 g/mol. The van der Waals surface area contributed by atoms with Crippen LogP contribution in [0.15, 0.2) is 61.3 Å². The molecule has 4 heterocycles. The van der Waals surface area contributed by atoms with Crippen LogP contribution in [0.1, 0.15) is 41.4 Å². The number of hydrogen-bond acceptors (Lipinski definition) is 5. The Morgan fingerprint density at radius 3 is 2.58 bits per heavy atom. The molecular weight excluding hydrogens is 326 g/mol. The zero-order valence-electron chi connectivity index (χ0n) is 14.3. The van der Waals surface area contributed by atoms with Gasteiger partial charge in [0, 0.05) is 43.1 Å². The maximum atomic E-state index is 13.0. The average Bonchev–Trinajstić information content (AvgIpc) is 2.75. The molecule has 0 aliphatic carbocycles. The summed E-state index contributed by atoms with van der Waals surface area (Å²) in [6.45, 7) is 0.727. The van der Waals surface area contributed by atoms with Gasteiger partial charge in [0.25, 0.3) is 5.91 Å². The van der Waals surface area contributed by atoms with Crippen molar-refractivity contribution in [3.05, 3.63) is 72.6 Å². The minimum atomic E-state index is -0.0434. The molecule has 0 unspecified atom stereocenters. The first-order valence-electron chi connectivity index (χ1n) is 8.77. The van der Waals surface area contributed by atoms with Crippen LogP contribution in [0.5, 0.6) is 0 Å². The molecule has 0 saturated carbocycles. The van der Waals surface area contributed by atoms with E-state index >= 15 is 0 Å². The quantitative estimate of drug-likeness (QED) is 0.728. The normalized spacial score (nSPS) is 17.1. The number of pyridine rings is 2. The lowest BCUT2D eigenvalue weighted by Gasteiger charge is -2.35. The Bertz CT molecular complexity index is 868. The van der Waals surface area contributed by atoms with E-state index in [1.165, 1.54) is 0 Å². The Morgan fingerprint density at radius 1 is 0.962 bits per heavy atom. The molecule has 1 aliphatic rings. The van der Waals surface area contributed by atoms with Crippen molar-refractivity contribution in [1.29, 1.82) is 0 Å². The van der Waals surface area contributed by atoms with E-state index < -0.39 is 0 Å². The van der Waals surface area contributed by atoms with Gasteiger partial charge in [0.15, 0.2) is 5.82 Å². The third-order valence-electron chi connectivity index (χ3n) is 4.61. The number of amides is 1. The fourth-order valence-electron chi connectivity index (χ4n) is 3.30. The molecule has 1 atom stereocenters. The van der Waals surface area contributed by atoms with Crippen molar-refractivity contribution in [3.63, 3.8) is 0 Å². The number of likely N-dealkylation sites (tertiary alicyclic amines) is 1. The highest BCUT2D eigenvalue weighted by Gasteiger charge is 2.29. The van der Waals surface area contributed by atoms with Crippen LogP contribution in [0.3, 0.4) is 0 Å². The molecule has 26 heavy (non-hydrogen) atoms. The molecule has 1 amide bonds. The summed E-state index contributed by atoms with van der Waals surface area (Å²) in [6.07, 6.45) is 11.4. The number of piperidine rings is 1. The van der Waals surface area contributed by atoms with Crippen LogP contribution in [0.25, 0.3) is 11.4 Å². The fraction of sp³-hybridized carbons (Fsp3) is 0.250. The summed E-state index contributed by atoms with van der Waals surface area (Å²) in [6, 6.07) is 9.58. The van der Waals surface area contributed by atoms with E-state index in [0.717, 1.165) is 37.1 Å². The summed E-state index contributed by atoms with van der Waals surface area (Å²) in [5, 5.41) is 0. The van der Waals surface area contributed by atoms with Crippen molar-refractivity contribution in [3.8, 4) is 11.4 Å². The Hall–Kier alpha value is -3.15. The van der Waals surface area contributed by atoms with Crippen molar-refractivity contribution in [2.45, 2.75) is 25.3 Å². The van der Waals surface area contributed by atoms with Gasteiger partial charge in [0.1, 0.15) is 0 Å². The topological polar surface area (TPSA) is 71.9 Å². The van der Waals surface area contributed by atoms with Crippen molar-refractivity contribution in [1.82, 2.24) is 24.8 Å². The summed E-state index contributed by atoms with van der Waals surface area (Å²) in [7, 11) is 0. The Morgan fingerprint density at radius 2 is 1.85 bits per heavy atom. The molecule has 0 N–H and O–H groups in total. The molecule has 1 aliphatic heterocycles. The van der Waals surface area contributed by atoms with Crippen LogP contribution in [-0.2, 0) is 0 Å². The first kappa shape index (κ1) is 16.3. The van der Waals surface area contributed by atoms with E-state index in [2.05, 4.69) is 19.9 Å². The summed E-state index contributed by atoms with van der Waals surface area (Å²) < 4.78 is 0. The van der Waals surface area contributed by atoms with E-state index in [-0.39, 0.29) is 11.9 Å². The monoisotopic (exact) mass is 345 g/mol. The van der Waals surface area contributed by atoms with Gasteiger partial charge in [-0.05, 0) is 43.5 Å². The van der Waals surface area contributed by atoms with Gasteiger partial charge < -0.3 is 4.90 Å². The third-order valence-corrected chi connectivity index (χ3v) is 4.61. The number of hydrogen-bond donors (Lipinski definition) is 0. The van der Waals surface area contributed by atoms with Crippen LogP contribution >= 0.6 is 0 Å². The summed E-state index contributed by atoms with van der Waals surface area (Å²) >= 11 is 0. The number of rotatable bonds is 3. The lowest BCUT2D eigenvalue weighted by atomic mass is 9.98. The SMILES string of the molecule is O=C(c1cnc(-c2cccnc2)nc1)N1CCCC[C@@H]1c1ccccn1.